The number of aliphatic carboxylic acids is 1. The van der Waals surface area contributed by atoms with Crippen molar-refractivity contribution in [3.05, 3.63) is 35.9 Å². The molecule has 0 saturated carbocycles. The van der Waals surface area contributed by atoms with E-state index in [2.05, 4.69) is 31.1 Å². The predicted molar refractivity (Wildman–Crippen MR) is 146 cm³/mol. The molecule has 0 spiro atoms. The maximum atomic E-state index is 13.1. The van der Waals surface area contributed by atoms with Gasteiger partial charge < -0.3 is 21.1 Å². The van der Waals surface area contributed by atoms with Crippen LogP contribution in [0.15, 0.2) is 24.7 Å². The van der Waals surface area contributed by atoms with Gasteiger partial charge in [0.05, 0.1) is 11.9 Å². The van der Waals surface area contributed by atoms with Crippen molar-refractivity contribution in [1.29, 1.82) is 0 Å². The van der Waals surface area contributed by atoms with Crippen LogP contribution in [-0.4, -0.2) is 85.8 Å². The molecule has 1 aliphatic heterocycles. The molecule has 1 aliphatic rings. The largest absolute Gasteiger partial charge is 0.490 e. The molecule has 0 aromatic carbocycles. The second-order valence-electron chi connectivity index (χ2n) is 8.80. The smallest absolute Gasteiger partial charge is 0.475 e. The average Bonchev–Trinajstić information content (AvgIpc) is 3.39. The number of amides is 1. The van der Waals surface area contributed by atoms with Crippen LogP contribution in [0, 0.1) is 0 Å². The molecule has 0 radical (unpaired) electrons. The van der Waals surface area contributed by atoms with Crippen molar-refractivity contribution in [3.63, 3.8) is 0 Å². The Morgan fingerprint density at radius 1 is 1.24 bits per heavy atom. The van der Waals surface area contributed by atoms with Crippen molar-refractivity contribution in [2.75, 3.05) is 37.8 Å². The summed E-state index contributed by atoms with van der Waals surface area (Å²) in [6.45, 7) is 5.85. The van der Waals surface area contributed by atoms with Crippen molar-refractivity contribution in [1.82, 2.24) is 34.7 Å². The molecule has 18 heteroatoms. The lowest BCUT2D eigenvalue weighted by molar-refractivity contribution is -0.192. The van der Waals surface area contributed by atoms with Gasteiger partial charge in [-0.3, -0.25) is 20.3 Å². The Labute approximate surface area is 239 Å². The number of carbonyl (C=O) groups excluding carboxylic acids is 1. The van der Waals surface area contributed by atoms with Crippen LogP contribution in [-0.2, 0) is 11.8 Å². The van der Waals surface area contributed by atoms with Gasteiger partial charge in [-0.15, -0.1) is 0 Å². The van der Waals surface area contributed by atoms with Gasteiger partial charge in [0, 0.05) is 46.1 Å². The highest BCUT2D eigenvalue weighted by Gasteiger charge is 2.38. The molecule has 1 amide bonds. The van der Waals surface area contributed by atoms with E-state index in [4.69, 9.17) is 15.7 Å². The van der Waals surface area contributed by atoms with Gasteiger partial charge in [0.1, 0.15) is 11.4 Å². The number of hydrogen-bond acceptors (Lipinski definition) is 9. The van der Waals surface area contributed by atoms with E-state index in [0.717, 1.165) is 32.4 Å². The standard InChI is InChI=1S/C18H22F2N8O.C2HF3O2.C2H8N2.C2H6/c1-27-10-13(15(26-27)16(19)20)24-18(29)12-9-22-28-7-5-14(25-17(12)28)23-11-4-2-3-6-21-8-11;3-2(4,5)1(6)7;1-4(2)3;1-2/h5,7,9-11,16,21H,2-4,6,8H2,1H3,(H,23,25)(H,24,29);(H,6,7);3H2,1-2H3;1-2H3. The SMILES string of the molecule is CC.CN(C)N.Cn1cc(NC(=O)c2cnn3ccc(NC4CCCCNC4)nc23)c(C(F)F)n1.O=C(O)C(F)(F)F. The van der Waals surface area contributed by atoms with E-state index >= 15 is 0 Å². The first-order valence-electron chi connectivity index (χ1n) is 12.9. The lowest BCUT2D eigenvalue weighted by atomic mass is 10.1. The summed E-state index contributed by atoms with van der Waals surface area (Å²) >= 11 is 0. The average molecular weight is 609 g/mol. The normalized spacial score (nSPS) is 14.9. The first-order chi connectivity index (χ1) is 19.7. The summed E-state index contributed by atoms with van der Waals surface area (Å²) in [7, 11) is 5.07. The summed E-state index contributed by atoms with van der Waals surface area (Å²) in [5, 5.41) is 25.7. The zero-order valence-electron chi connectivity index (χ0n) is 23.9. The number of aromatic nitrogens is 5. The molecule has 3 aromatic heterocycles. The monoisotopic (exact) mass is 608 g/mol. The second kappa shape index (κ2) is 17.1. The molecule has 0 aliphatic carbocycles. The first kappa shape index (κ1) is 36.1. The number of nitrogens with zero attached hydrogens (tertiary/aromatic N) is 6. The Kier molecular flexibility index (Phi) is 14.7. The molecule has 4 rings (SSSR count). The Morgan fingerprint density at radius 2 is 1.86 bits per heavy atom. The zero-order valence-corrected chi connectivity index (χ0v) is 23.9. The molecular weight excluding hydrogens is 571 g/mol. The highest BCUT2D eigenvalue weighted by molar-refractivity contribution is 6.08. The Balaban J connectivity index is 0.000000575. The molecule has 236 valence electrons. The van der Waals surface area contributed by atoms with Crippen LogP contribution in [0.2, 0.25) is 0 Å². The minimum Gasteiger partial charge on any atom is -0.475 e. The van der Waals surface area contributed by atoms with Crippen LogP contribution < -0.4 is 21.8 Å². The van der Waals surface area contributed by atoms with Crippen LogP contribution in [0.3, 0.4) is 0 Å². The molecule has 1 unspecified atom stereocenters. The molecule has 1 fully saturated rings. The second-order valence-corrected chi connectivity index (χ2v) is 8.80. The predicted octanol–water partition coefficient (Wildman–Crippen LogP) is 3.29. The van der Waals surface area contributed by atoms with E-state index < -0.39 is 30.2 Å². The van der Waals surface area contributed by atoms with Gasteiger partial charge in [-0.1, -0.05) is 20.3 Å². The number of hydrazine groups is 1. The minimum atomic E-state index is -5.08. The number of hydrogen-bond donors (Lipinski definition) is 5. The number of rotatable bonds is 5. The van der Waals surface area contributed by atoms with Gasteiger partial charge in [0.15, 0.2) is 11.3 Å². The van der Waals surface area contributed by atoms with Crippen molar-refractivity contribution >= 4 is 29.0 Å². The van der Waals surface area contributed by atoms with Gasteiger partial charge in [0.2, 0.25) is 0 Å². The third-order valence-electron chi connectivity index (χ3n) is 5.07. The lowest BCUT2D eigenvalue weighted by Gasteiger charge is -2.17. The minimum absolute atomic E-state index is 0.0364. The zero-order chi connectivity index (χ0) is 32.0. The molecule has 0 bridgehead atoms. The molecule has 4 heterocycles. The number of anilines is 2. The quantitative estimate of drug-likeness (QED) is 0.165. The van der Waals surface area contributed by atoms with Crippen molar-refractivity contribution in [2.24, 2.45) is 12.9 Å². The van der Waals surface area contributed by atoms with E-state index in [-0.39, 0.29) is 17.3 Å². The van der Waals surface area contributed by atoms with Gasteiger partial charge >= 0.3 is 12.1 Å². The molecular formula is C24H37F5N10O3. The van der Waals surface area contributed by atoms with Crippen molar-refractivity contribution < 1.29 is 36.6 Å². The van der Waals surface area contributed by atoms with E-state index in [1.54, 1.807) is 26.4 Å². The van der Waals surface area contributed by atoms with Crippen molar-refractivity contribution in [2.45, 2.75) is 51.8 Å². The summed E-state index contributed by atoms with van der Waals surface area (Å²) < 4.78 is 60.7. The summed E-state index contributed by atoms with van der Waals surface area (Å²) in [6.07, 6.45) is -0.156. The summed E-state index contributed by atoms with van der Waals surface area (Å²) in [5.74, 6) is 2.25. The van der Waals surface area contributed by atoms with E-state index in [9.17, 15) is 26.7 Å². The number of carboxylic acids is 1. The number of nitrogens with two attached hydrogens (primary N) is 1. The van der Waals surface area contributed by atoms with E-state index in [1.165, 1.54) is 33.6 Å². The third-order valence-corrected chi connectivity index (χ3v) is 5.07. The maximum absolute atomic E-state index is 13.1. The number of aryl methyl sites for hydroxylation is 1. The molecule has 1 saturated heterocycles. The molecule has 13 nitrogen and oxygen atoms in total. The lowest BCUT2D eigenvalue weighted by Crippen LogP contribution is -2.31. The number of carbonyl (C=O) groups is 2. The number of carboxylic acid groups (broad SMARTS) is 1. The summed E-state index contributed by atoms with van der Waals surface area (Å²) in [4.78, 5) is 26.1. The fourth-order valence-electron chi connectivity index (χ4n) is 3.41. The fourth-order valence-corrected chi connectivity index (χ4v) is 3.41. The van der Waals surface area contributed by atoms with Gasteiger partial charge in [-0.05, 0) is 25.5 Å². The molecule has 42 heavy (non-hydrogen) atoms. The molecule has 3 aromatic rings. The number of nitrogens with one attached hydrogen (secondary N) is 3. The van der Waals surface area contributed by atoms with E-state index in [1.807, 2.05) is 13.8 Å². The highest BCUT2D eigenvalue weighted by Crippen LogP contribution is 2.26. The number of fused-ring (bicyclic) bond motifs is 1. The first-order valence-corrected chi connectivity index (χ1v) is 12.9. The Hall–Kier alpha value is -3.90. The Bertz CT molecular complexity index is 1250. The number of halogens is 5. The number of alkyl halides is 5. The van der Waals surface area contributed by atoms with Crippen LogP contribution >= 0.6 is 0 Å². The summed E-state index contributed by atoms with van der Waals surface area (Å²) in [5.41, 5.74) is 0.0208. The highest BCUT2D eigenvalue weighted by atomic mass is 19.4. The van der Waals surface area contributed by atoms with Gasteiger partial charge in [-0.2, -0.15) is 23.4 Å². The van der Waals surface area contributed by atoms with Crippen molar-refractivity contribution in [3.8, 4) is 0 Å². The summed E-state index contributed by atoms with van der Waals surface area (Å²) in [6, 6.07) is 2.04. The Morgan fingerprint density at radius 3 is 2.43 bits per heavy atom. The molecule has 6 N–H and O–H groups in total. The van der Waals surface area contributed by atoms with Crippen LogP contribution in [0.4, 0.5) is 33.5 Å². The fraction of sp³-hybridized carbons (Fsp3) is 0.542. The van der Waals surface area contributed by atoms with Crippen LogP contribution in [0.25, 0.3) is 5.65 Å². The topological polar surface area (TPSA) is 168 Å². The van der Waals surface area contributed by atoms with Crippen LogP contribution in [0.1, 0.15) is 55.6 Å². The maximum Gasteiger partial charge on any atom is 0.490 e. The van der Waals surface area contributed by atoms with Gasteiger partial charge in [-0.25, -0.2) is 23.1 Å². The molecule has 1 atom stereocenters. The third kappa shape index (κ3) is 11.9. The van der Waals surface area contributed by atoms with Crippen LogP contribution in [0.5, 0.6) is 0 Å². The van der Waals surface area contributed by atoms with E-state index in [0.29, 0.717) is 11.5 Å². The van der Waals surface area contributed by atoms with Gasteiger partial charge in [0.25, 0.3) is 12.3 Å².